The van der Waals surface area contributed by atoms with E-state index in [0.29, 0.717) is 16.6 Å². The van der Waals surface area contributed by atoms with Crippen LogP contribution in [0.2, 0.25) is 0 Å². The van der Waals surface area contributed by atoms with E-state index in [2.05, 4.69) is 10.4 Å². The van der Waals surface area contributed by atoms with Crippen LogP contribution in [-0.4, -0.2) is 29.8 Å². The van der Waals surface area contributed by atoms with E-state index in [0.717, 1.165) is 11.1 Å². The predicted molar refractivity (Wildman–Crippen MR) is 98.9 cm³/mol. The fourth-order valence-corrected chi connectivity index (χ4v) is 2.68. The van der Waals surface area contributed by atoms with Gasteiger partial charge in [0.25, 0.3) is 11.5 Å². The number of rotatable bonds is 4. The molecule has 1 amide bonds. The van der Waals surface area contributed by atoms with E-state index in [1.165, 1.54) is 4.68 Å². The van der Waals surface area contributed by atoms with Crippen LogP contribution >= 0.6 is 0 Å². The zero-order chi connectivity index (χ0) is 18.0. The topological polar surface area (TPSA) is 67.2 Å². The number of carbonyl (C=O) groups is 1. The maximum atomic E-state index is 12.4. The molecule has 1 N–H and O–H groups in total. The minimum atomic E-state index is -0.176. The summed E-state index contributed by atoms with van der Waals surface area (Å²) in [6.07, 6.45) is 0. The van der Waals surface area contributed by atoms with Crippen molar-refractivity contribution >= 4 is 22.4 Å². The highest BCUT2D eigenvalue weighted by Crippen LogP contribution is 2.14. The highest BCUT2D eigenvalue weighted by Gasteiger charge is 2.11. The summed E-state index contributed by atoms with van der Waals surface area (Å²) < 4.78 is 1.30. The average Bonchev–Trinajstić information content (AvgIpc) is 2.63. The van der Waals surface area contributed by atoms with Crippen molar-refractivity contribution in [1.29, 1.82) is 0 Å². The Hall–Kier alpha value is -3.15. The molecule has 0 saturated carbocycles. The average molecular weight is 336 g/mol. The van der Waals surface area contributed by atoms with Gasteiger partial charge in [0.15, 0.2) is 0 Å². The Morgan fingerprint density at radius 3 is 2.36 bits per heavy atom. The summed E-state index contributed by atoms with van der Waals surface area (Å²) in [4.78, 5) is 26.5. The summed E-state index contributed by atoms with van der Waals surface area (Å²) in [6.45, 7) is 0.253. The molecule has 0 unspecified atom stereocenters. The third kappa shape index (κ3) is 3.38. The van der Waals surface area contributed by atoms with Crippen LogP contribution in [0.1, 0.15) is 16.1 Å². The second-order valence-electron chi connectivity index (χ2n) is 6.05. The van der Waals surface area contributed by atoms with Crippen molar-refractivity contribution in [3.05, 3.63) is 70.1 Å². The number of nitrogens with one attached hydrogen (secondary N) is 1. The maximum Gasteiger partial charge on any atom is 0.274 e. The second-order valence-corrected chi connectivity index (χ2v) is 6.05. The Morgan fingerprint density at radius 1 is 1.08 bits per heavy atom. The minimum absolute atomic E-state index is 0.148. The molecule has 1 heterocycles. The largest absolute Gasteiger partial charge is 0.378 e. The smallest absolute Gasteiger partial charge is 0.274 e. The first-order chi connectivity index (χ1) is 12.0. The van der Waals surface area contributed by atoms with Gasteiger partial charge in [-0.2, -0.15) is 5.10 Å². The van der Waals surface area contributed by atoms with Crippen molar-refractivity contribution in [2.24, 2.45) is 7.05 Å². The molecular formula is C19H20N4O2. The van der Waals surface area contributed by atoms with Gasteiger partial charge in [0.05, 0.1) is 17.6 Å². The van der Waals surface area contributed by atoms with Gasteiger partial charge in [0, 0.05) is 37.8 Å². The van der Waals surface area contributed by atoms with E-state index in [9.17, 15) is 9.59 Å². The summed E-state index contributed by atoms with van der Waals surface area (Å²) >= 11 is 0. The number of fused-ring (bicyclic) bond motifs is 1. The number of nitrogens with zero attached hydrogens (tertiary/aromatic N) is 3. The van der Waals surface area contributed by atoms with Crippen molar-refractivity contribution < 1.29 is 4.79 Å². The molecule has 128 valence electrons. The SMILES string of the molecule is CN(C)c1ccc(C(=O)NCc2nn(C)c(=O)c3ccccc23)cc1. The van der Waals surface area contributed by atoms with Gasteiger partial charge < -0.3 is 10.2 Å². The molecular weight excluding hydrogens is 316 g/mol. The molecule has 0 aliphatic heterocycles. The van der Waals surface area contributed by atoms with Gasteiger partial charge in [-0.05, 0) is 30.3 Å². The molecule has 3 rings (SSSR count). The van der Waals surface area contributed by atoms with Crippen LogP contribution in [0.5, 0.6) is 0 Å². The van der Waals surface area contributed by atoms with Gasteiger partial charge in [0.2, 0.25) is 0 Å². The van der Waals surface area contributed by atoms with Crippen molar-refractivity contribution in [1.82, 2.24) is 15.1 Å². The molecule has 0 aliphatic carbocycles. The number of carbonyl (C=O) groups excluding carboxylic acids is 1. The maximum absolute atomic E-state index is 12.4. The van der Waals surface area contributed by atoms with Crippen molar-refractivity contribution in [2.45, 2.75) is 6.54 Å². The minimum Gasteiger partial charge on any atom is -0.378 e. The van der Waals surface area contributed by atoms with Gasteiger partial charge in [-0.3, -0.25) is 9.59 Å². The highest BCUT2D eigenvalue weighted by atomic mass is 16.1. The summed E-state index contributed by atoms with van der Waals surface area (Å²) in [5.74, 6) is -0.176. The predicted octanol–water partition coefficient (Wildman–Crippen LogP) is 1.93. The van der Waals surface area contributed by atoms with E-state index in [1.807, 2.05) is 49.3 Å². The van der Waals surface area contributed by atoms with E-state index < -0.39 is 0 Å². The molecule has 0 fully saturated rings. The first-order valence-electron chi connectivity index (χ1n) is 7.98. The molecule has 6 nitrogen and oxygen atoms in total. The van der Waals surface area contributed by atoms with Crippen LogP contribution in [0, 0.1) is 0 Å². The lowest BCUT2D eigenvalue weighted by Gasteiger charge is -2.13. The van der Waals surface area contributed by atoms with Crippen molar-refractivity contribution in [3.8, 4) is 0 Å². The second kappa shape index (κ2) is 6.76. The molecule has 0 aliphatic rings. The molecule has 2 aromatic carbocycles. The van der Waals surface area contributed by atoms with Crippen LogP contribution in [0.3, 0.4) is 0 Å². The third-order valence-electron chi connectivity index (χ3n) is 4.10. The number of benzene rings is 2. The Morgan fingerprint density at radius 2 is 1.72 bits per heavy atom. The molecule has 0 bridgehead atoms. The molecule has 6 heteroatoms. The van der Waals surface area contributed by atoms with Crippen molar-refractivity contribution in [3.63, 3.8) is 0 Å². The first kappa shape index (κ1) is 16.7. The fourth-order valence-electron chi connectivity index (χ4n) is 2.68. The van der Waals surface area contributed by atoms with Crippen LogP contribution < -0.4 is 15.8 Å². The van der Waals surface area contributed by atoms with E-state index >= 15 is 0 Å². The molecule has 25 heavy (non-hydrogen) atoms. The number of aromatic nitrogens is 2. The molecule has 0 spiro atoms. The summed E-state index contributed by atoms with van der Waals surface area (Å²) in [6, 6.07) is 14.7. The van der Waals surface area contributed by atoms with Gasteiger partial charge in [-0.25, -0.2) is 4.68 Å². The third-order valence-corrected chi connectivity index (χ3v) is 4.10. The Balaban J connectivity index is 1.82. The summed E-state index contributed by atoms with van der Waals surface area (Å²) in [7, 11) is 5.51. The Bertz CT molecular complexity index is 975. The monoisotopic (exact) mass is 336 g/mol. The molecule has 3 aromatic rings. The standard InChI is InChI=1S/C19H20N4O2/c1-22(2)14-10-8-13(9-11-14)18(24)20-12-17-15-6-4-5-7-16(15)19(25)23(3)21-17/h4-11H,12H2,1-3H3,(H,20,24). The van der Waals surface area contributed by atoms with Crippen LogP contribution in [0.25, 0.3) is 10.8 Å². The molecule has 0 radical (unpaired) electrons. The van der Waals surface area contributed by atoms with Crippen molar-refractivity contribution in [2.75, 3.05) is 19.0 Å². The first-order valence-corrected chi connectivity index (χ1v) is 7.98. The normalized spacial score (nSPS) is 10.7. The van der Waals surface area contributed by atoms with Crippen LogP contribution in [0.15, 0.2) is 53.3 Å². The van der Waals surface area contributed by atoms with E-state index in [-0.39, 0.29) is 18.0 Å². The number of hydrogen-bond acceptors (Lipinski definition) is 4. The Kier molecular flexibility index (Phi) is 4.52. The van der Waals surface area contributed by atoms with Gasteiger partial charge >= 0.3 is 0 Å². The van der Waals surface area contributed by atoms with E-state index in [1.54, 1.807) is 25.2 Å². The van der Waals surface area contributed by atoms with Crippen LogP contribution in [0.4, 0.5) is 5.69 Å². The molecule has 0 saturated heterocycles. The molecule has 1 aromatic heterocycles. The Labute approximate surface area is 145 Å². The van der Waals surface area contributed by atoms with Gasteiger partial charge in [-0.15, -0.1) is 0 Å². The molecule has 0 atom stereocenters. The van der Waals surface area contributed by atoms with E-state index in [4.69, 9.17) is 0 Å². The summed E-state index contributed by atoms with van der Waals surface area (Å²) in [5, 5.41) is 8.51. The van der Waals surface area contributed by atoms with Gasteiger partial charge in [0.1, 0.15) is 0 Å². The lowest BCUT2D eigenvalue weighted by Crippen LogP contribution is -2.27. The van der Waals surface area contributed by atoms with Gasteiger partial charge in [-0.1, -0.05) is 18.2 Å². The van der Waals surface area contributed by atoms with Crippen LogP contribution in [-0.2, 0) is 13.6 Å². The quantitative estimate of drug-likeness (QED) is 0.790. The number of hydrogen-bond donors (Lipinski definition) is 1. The number of anilines is 1. The summed E-state index contributed by atoms with van der Waals surface area (Å²) in [5.41, 5.74) is 2.13. The highest BCUT2D eigenvalue weighted by molar-refractivity contribution is 5.94. The zero-order valence-corrected chi connectivity index (χ0v) is 14.5. The lowest BCUT2D eigenvalue weighted by atomic mass is 10.1. The number of aryl methyl sites for hydroxylation is 1. The zero-order valence-electron chi connectivity index (χ0n) is 14.5. The fraction of sp³-hybridized carbons (Fsp3) is 0.211. The lowest BCUT2D eigenvalue weighted by molar-refractivity contribution is 0.0950. The number of amides is 1.